The second-order valence-electron chi connectivity index (χ2n) is 9.57. The number of pyridine rings is 1. The smallest absolute Gasteiger partial charge is 0.215 e. The average molecular weight is 516 g/mol. The highest BCUT2D eigenvalue weighted by molar-refractivity contribution is 6.18. The Morgan fingerprint density at radius 1 is 0.550 bits per heavy atom. The number of aromatic nitrogens is 5. The average Bonchev–Trinajstić information content (AvgIpc) is 3.56. The van der Waals surface area contributed by atoms with E-state index in [1.54, 1.807) is 0 Å². The van der Waals surface area contributed by atoms with Gasteiger partial charge in [-0.3, -0.25) is 9.55 Å². The number of benzene rings is 4. The minimum Gasteiger partial charge on any atom is -0.439 e. The van der Waals surface area contributed by atoms with Gasteiger partial charge in [-0.25, -0.2) is 15.0 Å². The number of fused-ring (bicyclic) bond motifs is 5. The summed E-state index contributed by atoms with van der Waals surface area (Å²) in [4.78, 5) is 19.4. The Labute approximate surface area is 229 Å². The van der Waals surface area contributed by atoms with Gasteiger partial charge in [0.2, 0.25) is 5.71 Å². The molecule has 0 atom stereocenters. The zero-order valence-electron chi connectivity index (χ0n) is 21.3. The standard InChI is InChI=1S/C34H21N5O/c1-3-11-22(12-4-1)31-36-32(23-13-5-2-6-14-23)38-33(37-31)24-15-9-16-25(21-24)39-27-18-10-20-35-30(27)29-26-17-7-8-19-28(26)40-34(29)39/h1-21H. The van der Waals surface area contributed by atoms with E-state index >= 15 is 0 Å². The van der Waals surface area contributed by atoms with E-state index in [4.69, 9.17) is 24.4 Å². The van der Waals surface area contributed by atoms with Crippen LogP contribution in [0.5, 0.6) is 0 Å². The predicted octanol–water partition coefficient (Wildman–Crippen LogP) is 8.11. The third-order valence-electron chi connectivity index (χ3n) is 7.11. The third-order valence-corrected chi connectivity index (χ3v) is 7.11. The number of hydrogen-bond donors (Lipinski definition) is 0. The van der Waals surface area contributed by atoms with Gasteiger partial charge < -0.3 is 4.42 Å². The van der Waals surface area contributed by atoms with Gasteiger partial charge in [-0.15, -0.1) is 0 Å². The van der Waals surface area contributed by atoms with Crippen molar-refractivity contribution in [1.29, 1.82) is 0 Å². The van der Waals surface area contributed by atoms with Crippen LogP contribution in [0.15, 0.2) is 132 Å². The highest BCUT2D eigenvalue weighted by Crippen LogP contribution is 2.38. The van der Waals surface area contributed by atoms with Crippen molar-refractivity contribution in [1.82, 2.24) is 24.5 Å². The van der Waals surface area contributed by atoms with E-state index in [-0.39, 0.29) is 0 Å². The summed E-state index contributed by atoms with van der Waals surface area (Å²) in [5.41, 5.74) is 7.17. The van der Waals surface area contributed by atoms with Gasteiger partial charge in [-0.2, -0.15) is 0 Å². The largest absolute Gasteiger partial charge is 0.439 e. The van der Waals surface area contributed by atoms with E-state index in [0.29, 0.717) is 17.5 Å². The zero-order valence-corrected chi connectivity index (χ0v) is 21.3. The van der Waals surface area contributed by atoms with Crippen LogP contribution < -0.4 is 0 Å². The van der Waals surface area contributed by atoms with Crippen LogP contribution in [0.25, 0.3) is 73.0 Å². The quantitative estimate of drug-likeness (QED) is 0.237. The van der Waals surface area contributed by atoms with Crippen molar-refractivity contribution in [2.75, 3.05) is 0 Å². The van der Waals surface area contributed by atoms with Crippen molar-refractivity contribution >= 4 is 33.1 Å². The molecule has 8 rings (SSSR count). The van der Waals surface area contributed by atoms with Crippen LogP contribution in [0.4, 0.5) is 0 Å². The van der Waals surface area contributed by atoms with Gasteiger partial charge in [0.15, 0.2) is 17.5 Å². The monoisotopic (exact) mass is 515 g/mol. The Hall–Kier alpha value is -5.62. The summed E-state index contributed by atoms with van der Waals surface area (Å²) in [5.74, 6) is 1.86. The highest BCUT2D eigenvalue weighted by atomic mass is 16.3. The Morgan fingerprint density at radius 3 is 1.90 bits per heavy atom. The molecule has 0 fully saturated rings. The fourth-order valence-electron chi connectivity index (χ4n) is 5.28. The second kappa shape index (κ2) is 8.99. The molecule has 0 saturated carbocycles. The van der Waals surface area contributed by atoms with Gasteiger partial charge in [0.1, 0.15) is 11.1 Å². The lowest BCUT2D eigenvalue weighted by molar-refractivity contribution is 0.645. The Bertz CT molecular complexity index is 2110. The number of para-hydroxylation sites is 1. The van der Waals surface area contributed by atoms with E-state index in [1.807, 2.05) is 103 Å². The van der Waals surface area contributed by atoms with Crippen molar-refractivity contribution < 1.29 is 4.42 Å². The third kappa shape index (κ3) is 3.58. The number of nitrogens with zero attached hydrogens (tertiary/aromatic N) is 5. The molecule has 0 aliphatic rings. The molecule has 0 aliphatic carbocycles. The molecular formula is C34H21N5O. The van der Waals surface area contributed by atoms with Gasteiger partial charge in [0, 0.05) is 34.0 Å². The van der Waals surface area contributed by atoms with Crippen molar-refractivity contribution in [3.05, 3.63) is 128 Å². The Balaban J connectivity index is 1.35. The molecule has 188 valence electrons. The fraction of sp³-hybridized carbons (Fsp3) is 0. The second-order valence-corrected chi connectivity index (χ2v) is 9.57. The summed E-state index contributed by atoms with van der Waals surface area (Å²) in [7, 11) is 0. The summed E-state index contributed by atoms with van der Waals surface area (Å²) in [5, 5.41) is 2.06. The molecule has 4 aromatic heterocycles. The first-order chi connectivity index (χ1) is 19.8. The van der Waals surface area contributed by atoms with E-state index in [9.17, 15) is 0 Å². The van der Waals surface area contributed by atoms with Crippen LogP contribution in [0.3, 0.4) is 0 Å². The maximum absolute atomic E-state index is 6.40. The van der Waals surface area contributed by atoms with Gasteiger partial charge in [-0.1, -0.05) is 91.0 Å². The van der Waals surface area contributed by atoms with Gasteiger partial charge in [0.25, 0.3) is 0 Å². The molecule has 4 aromatic carbocycles. The van der Waals surface area contributed by atoms with Crippen LogP contribution in [-0.4, -0.2) is 24.5 Å². The SMILES string of the molecule is c1ccc(-c2nc(-c3ccccc3)nc(-c3cccc(-n4c5cccnc5c5c6ccccc6oc54)c3)n2)cc1. The van der Waals surface area contributed by atoms with Crippen LogP contribution in [0.2, 0.25) is 0 Å². The minimum absolute atomic E-state index is 0.602. The summed E-state index contributed by atoms with van der Waals surface area (Å²) in [6, 6.07) is 40.3. The molecular weight excluding hydrogens is 494 g/mol. The van der Waals surface area contributed by atoms with Crippen LogP contribution in [0, 0.1) is 0 Å². The number of rotatable bonds is 4. The molecule has 0 unspecified atom stereocenters. The summed E-state index contributed by atoms with van der Waals surface area (Å²) in [6.07, 6.45) is 1.82. The van der Waals surface area contributed by atoms with Gasteiger partial charge in [0.05, 0.1) is 10.9 Å². The van der Waals surface area contributed by atoms with Crippen LogP contribution in [0.1, 0.15) is 0 Å². The van der Waals surface area contributed by atoms with E-state index in [0.717, 1.165) is 55.5 Å². The van der Waals surface area contributed by atoms with Crippen molar-refractivity contribution in [2.45, 2.75) is 0 Å². The lowest BCUT2D eigenvalue weighted by Crippen LogP contribution is -2.01. The molecule has 0 radical (unpaired) electrons. The zero-order chi connectivity index (χ0) is 26.5. The Kier molecular flexibility index (Phi) is 5.03. The lowest BCUT2D eigenvalue weighted by Gasteiger charge is -2.10. The first-order valence-corrected chi connectivity index (χ1v) is 13.1. The van der Waals surface area contributed by atoms with Gasteiger partial charge >= 0.3 is 0 Å². The maximum atomic E-state index is 6.40. The van der Waals surface area contributed by atoms with Crippen LogP contribution in [-0.2, 0) is 0 Å². The summed E-state index contributed by atoms with van der Waals surface area (Å²) in [6.45, 7) is 0. The highest BCUT2D eigenvalue weighted by Gasteiger charge is 2.20. The van der Waals surface area contributed by atoms with Gasteiger partial charge in [-0.05, 0) is 30.3 Å². The maximum Gasteiger partial charge on any atom is 0.215 e. The van der Waals surface area contributed by atoms with Crippen molar-refractivity contribution in [3.8, 4) is 39.9 Å². The molecule has 0 spiro atoms. The molecule has 0 saturated heterocycles. The van der Waals surface area contributed by atoms with E-state index < -0.39 is 0 Å². The lowest BCUT2D eigenvalue weighted by atomic mass is 10.1. The Morgan fingerprint density at radius 2 is 1.18 bits per heavy atom. The normalized spacial score (nSPS) is 11.5. The van der Waals surface area contributed by atoms with Crippen LogP contribution >= 0.6 is 0 Å². The fourth-order valence-corrected chi connectivity index (χ4v) is 5.28. The van der Waals surface area contributed by atoms with E-state index in [1.165, 1.54) is 0 Å². The molecule has 0 amide bonds. The molecule has 0 N–H and O–H groups in total. The molecule has 40 heavy (non-hydrogen) atoms. The molecule has 6 heteroatoms. The summed E-state index contributed by atoms with van der Waals surface area (Å²) < 4.78 is 8.53. The first kappa shape index (κ1) is 22.4. The predicted molar refractivity (Wildman–Crippen MR) is 158 cm³/mol. The molecule has 6 nitrogen and oxygen atoms in total. The molecule has 0 bridgehead atoms. The first-order valence-electron chi connectivity index (χ1n) is 13.1. The number of hydrogen-bond acceptors (Lipinski definition) is 5. The van der Waals surface area contributed by atoms with Crippen molar-refractivity contribution in [2.24, 2.45) is 0 Å². The minimum atomic E-state index is 0.602. The molecule has 8 aromatic rings. The molecule has 0 aliphatic heterocycles. The topological polar surface area (TPSA) is 69.6 Å². The molecule has 4 heterocycles. The van der Waals surface area contributed by atoms with Crippen molar-refractivity contribution in [3.63, 3.8) is 0 Å². The van der Waals surface area contributed by atoms with E-state index in [2.05, 4.69) is 28.8 Å². The summed E-state index contributed by atoms with van der Waals surface area (Å²) >= 11 is 0. The number of furan rings is 1.